The van der Waals surface area contributed by atoms with Crippen molar-refractivity contribution in [1.82, 2.24) is 0 Å². The van der Waals surface area contributed by atoms with Crippen molar-refractivity contribution in [2.45, 2.75) is 25.7 Å². The predicted octanol–water partition coefficient (Wildman–Crippen LogP) is 3.19. The van der Waals surface area contributed by atoms with Crippen LogP contribution < -0.4 is 4.74 Å². The number of rotatable bonds is 7. The zero-order valence-electron chi connectivity index (χ0n) is 13.2. The molecule has 0 bridgehead atoms. The van der Waals surface area contributed by atoms with Crippen molar-refractivity contribution in [2.24, 2.45) is 0 Å². The molecule has 2 aromatic carbocycles. The molecule has 0 aliphatic heterocycles. The van der Waals surface area contributed by atoms with Gasteiger partial charge in [-0.25, -0.2) is 0 Å². The SMILES string of the molecule is COc1ccc2cc(C(C)C(=O)CCCS(=O)(=O)O)ccc2c1. The predicted molar refractivity (Wildman–Crippen MR) is 89.6 cm³/mol. The molecule has 5 nitrogen and oxygen atoms in total. The van der Waals surface area contributed by atoms with Gasteiger partial charge in [0.2, 0.25) is 0 Å². The molecule has 0 saturated heterocycles. The number of methoxy groups -OCH3 is 1. The third-order valence-corrected chi connectivity index (χ3v) is 4.68. The zero-order valence-corrected chi connectivity index (χ0v) is 14.0. The third kappa shape index (κ3) is 4.77. The highest BCUT2D eigenvalue weighted by Gasteiger charge is 2.16. The first kappa shape index (κ1) is 17.4. The lowest BCUT2D eigenvalue weighted by molar-refractivity contribution is -0.120. The van der Waals surface area contributed by atoms with E-state index in [2.05, 4.69) is 0 Å². The van der Waals surface area contributed by atoms with Gasteiger partial charge in [-0.1, -0.05) is 31.2 Å². The molecule has 2 rings (SSSR count). The summed E-state index contributed by atoms with van der Waals surface area (Å²) in [6, 6.07) is 11.5. The molecule has 0 aliphatic rings. The Kier molecular flexibility index (Phi) is 5.38. The maximum atomic E-state index is 12.2. The first-order chi connectivity index (χ1) is 10.8. The second-order valence-electron chi connectivity index (χ2n) is 5.55. The number of ether oxygens (including phenoxy) is 1. The van der Waals surface area contributed by atoms with E-state index in [1.807, 2.05) is 36.4 Å². The minimum atomic E-state index is -4.01. The Morgan fingerprint density at radius 1 is 1.17 bits per heavy atom. The average molecular weight is 336 g/mol. The van der Waals surface area contributed by atoms with Gasteiger partial charge in [-0.15, -0.1) is 0 Å². The summed E-state index contributed by atoms with van der Waals surface area (Å²) in [6.45, 7) is 1.81. The van der Waals surface area contributed by atoms with E-state index in [1.54, 1.807) is 14.0 Å². The summed E-state index contributed by atoms with van der Waals surface area (Å²) in [6.07, 6.45) is 0.258. The molecular weight excluding hydrogens is 316 g/mol. The van der Waals surface area contributed by atoms with E-state index in [4.69, 9.17) is 9.29 Å². The van der Waals surface area contributed by atoms with E-state index in [-0.39, 0.29) is 30.3 Å². The molecule has 23 heavy (non-hydrogen) atoms. The maximum absolute atomic E-state index is 12.2. The monoisotopic (exact) mass is 336 g/mol. The van der Waals surface area contributed by atoms with E-state index in [0.717, 1.165) is 22.1 Å². The number of hydrogen-bond acceptors (Lipinski definition) is 4. The van der Waals surface area contributed by atoms with Gasteiger partial charge in [0.1, 0.15) is 11.5 Å². The molecular formula is C17H20O5S. The van der Waals surface area contributed by atoms with Crippen LogP contribution in [0.3, 0.4) is 0 Å². The fraction of sp³-hybridized carbons (Fsp3) is 0.353. The Labute approximate surface area is 136 Å². The summed E-state index contributed by atoms with van der Waals surface area (Å²) in [5.41, 5.74) is 0.888. The van der Waals surface area contributed by atoms with E-state index in [1.165, 1.54) is 0 Å². The van der Waals surface area contributed by atoms with Crippen LogP contribution in [0.15, 0.2) is 36.4 Å². The van der Waals surface area contributed by atoms with E-state index < -0.39 is 10.1 Å². The quantitative estimate of drug-likeness (QED) is 0.785. The molecule has 1 unspecified atom stereocenters. The van der Waals surface area contributed by atoms with Crippen LogP contribution in [-0.4, -0.2) is 31.6 Å². The topological polar surface area (TPSA) is 80.7 Å². The normalized spacial score (nSPS) is 13.0. The van der Waals surface area contributed by atoms with Gasteiger partial charge in [0.25, 0.3) is 10.1 Å². The maximum Gasteiger partial charge on any atom is 0.264 e. The van der Waals surface area contributed by atoms with Crippen LogP contribution in [0.4, 0.5) is 0 Å². The molecule has 0 aliphatic carbocycles. The van der Waals surface area contributed by atoms with Crippen molar-refractivity contribution in [2.75, 3.05) is 12.9 Å². The summed E-state index contributed by atoms with van der Waals surface area (Å²) >= 11 is 0. The molecule has 0 spiro atoms. The lowest BCUT2D eigenvalue weighted by Crippen LogP contribution is -2.12. The first-order valence-electron chi connectivity index (χ1n) is 7.36. The summed E-state index contributed by atoms with van der Waals surface area (Å²) in [4.78, 5) is 12.2. The van der Waals surface area contributed by atoms with Gasteiger partial charge in [-0.05, 0) is 34.9 Å². The molecule has 0 fully saturated rings. The van der Waals surface area contributed by atoms with Crippen LogP contribution >= 0.6 is 0 Å². The van der Waals surface area contributed by atoms with Gasteiger partial charge >= 0.3 is 0 Å². The highest BCUT2D eigenvalue weighted by molar-refractivity contribution is 7.85. The van der Waals surface area contributed by atoms with Crippen molar-refractivity contribution >= 4 is 26.7 Å². The molecule has 0 amide bonds. The summed E-state index contributed by atoms with van der Waals surface area (Å²) in [5, 5.41) is 2.04. The van der Waals surface area contributed by atoms with Crippen molar-refractivity contribution in [1.29, 1.82) is 0 Å². The minimum absolute atomic E-state index is 0.0403. The second-order valence-corrected chi connectivity index (χ2v) is 7.12. The number of carbonyl (C=O) groups is 1. The summed E-state index contributed by atoms with van der Waals surface area (Å²) in [5.74, 6) is 0.0344. The largest absolute Gasteiger partial charge is 0.497 e. The fourth-order valence-corrected chi connectivity index (χ4v) is 2.98. The number of ketones is 1. The number of fused-ring (bicyclic) bond motifs is 1. The van der Waals surface area contributed by atoms with Crippen LogP contribution in [0, 0.1) is 0 Å². The van der Waals surface area contributed by atoms with Crippen molar-refractivity contribution in [3.05, 3.63) is 42.0 Å². The molecule has 0 saturated carbocycles. The van der Waals surface area contributed by atoms with Gasteiger partial charge in [0, 0.05) is 12.3 Å². The Morgan fingerprint density at radius 3 is 2.48 bits per heavy atom. The molecule has 1 atom stereocenters. The van der Waals surface area contributed by atoms with E-state index in [9.17, 15) is 13.2 Å². The Morgan fingerprint density at radius 2 is 1.83 bits per heavy atom. The molecule has 0 radical (unpaired) electrons. The minimum Gasteiger partial charge on any atom is -0.497 e. The number of benzene rings is 2. The molecule has 0 aromatic heterocycles. The standard InChI is InChI=1S/C17H20O5S/c1-12(17(18)4-3-9-23(19,20)21)13-5-6-15-11-16(22-2)8-7-14(15)10-13/h5-8,10-12H,3-4,9H2,1-2H3,(H,19,20,21). The Hall–Kier alpha value is -1.92. The highest BCUT2D eigenvalue weighted by atomic mass is 32.2. The summed E-state index contributed by atoms with van der Waals surface area (Å²) < 4.78 is 35.3. The zero-order chi connectivity index (χ0) is 17.0. The van der Waals surface area contributed by atoms with Crippen LogP contribution in [0.1, 0.15) is 31.2 Å². The average Bonchev–Trinajstić information content (AvgIpc) is 2.51. The lowest BCUT2D eigenvalue weighted by Gasteiger charge is -2.12. The lowest BCUT2D eigenvalue weighted by atomic mass is 9.92. The molecule has 1 N–H and O–H groups in total. The highest BCUT2D eigenvalue weighted by Crippen LogP contribution is 2.26. The second kappa shape index (κ2) is 7.10. The molecule has 2 aromatic rings. The van der Waals surface area contributed by atoms with E-state index in [0.29, 0.717) is 0 Å². The fourth-order valence-electron chi connectivity index (χ4n) is 2.47. The van der Waals surface area contributed by atoms with Crippen LogP contribution in [-0.2, 0) is 14.9 Å². The van der Waals surface area contributed by atoms with Gasteiger partial charge in [-0.2, -0.15) is 8.42 Å². The van der Waals surface area contributed by atoms with Gasteiger partial charge in [-0.3, -0.25) is 9.35 Å². The molecule has 124 valence electrons. The number of hydrogen-bond donors (Lipinski definition) is 1. The first-order valence-corrected chi connectivity index (χ1v) is 8.96. The smallest absolute Gasteiger partial charge is 0.264 e. The van der Waals surface area contributed by atoms with Crippen molar-refractivity contribution in [3.63, 3.8) is 0 Å². The Bertz CT molecular complexity index is 811. The molecule has 0 heterocycles. The number of carbonyl (C=O) groups excluding carboxylic acids is 1. The van der Waals surface area contributed by atoms with Crippen molar-refractivity contribution < 1.29 is 22.5 Å². The van der Waals surface area contributed by atoms with Gasteiger partial charge in [0.15, 0.2) is 0 Å². The Balaban J connectivity index is 2.11. The summed E-state index contributed by atoms with van der Waals surface area (Å²) in [7, 11) is -2.40. The van der Waals surface area contributed by atoms with Crippen LogP contribution in [0.5, 0.6) is 5.75 Å². The van der Waals surface area contributed by atoms with Crippen LogP contribution in [0.25, 0.3) is 10.8 Å². The van der Waals surface area contributed by atoms with Crippen molar-refractivity contribution in [3.8, 4) is 5.75 Å². The van der Waals surface area contributed by atoms with Gasteiger partial charge < -0.3 is 4.74 Å². The number of Topliss-reactive ketones (excluding diaryl/α,β-unsaturated/α-hetero) is 1. The van der Waals surface area contributed by atoms with Gasteiger partial charge in [0.05, 0.1) is 12.9 Å². The van der Waals surface area contributed by atoms with E-state index >= 15 is 0 Å². The third-order valence-electron chi connectivity index (χ3n) is 3.88. The van der Waals surface area contributed by atoms with Crippen LogP contribution in [0.2, 0.25) is 0 Å². The molecule has 6 heteroatoms.